The van der Waals surface area contributed by atoms with Crippen LogP contribution in [0.25, 0.3) is 0 Å². The van der Waals surface area contributed by atoms with Crippen LogP contribution in [0.2, 0.25) is 0 Å². The Morgan fingerprint density at radius 1 is 1.10 bits per heavy atom. The first kappa shape index (κ1) is 20.6. The van der Waals surface area contributed by atoms with E-state index in [1.54, 1.807) is 36.4 Å². The quantitative estimate of drug-likeness (QED) is 0.460. The fourth-order valence-electron chi connectivity index (χ4n) is 3.52. The molecule has 1 fully saturated rings. The summed E-state index contributed by atoms with van der Waals surface area (Å²) >= 11 is 2.95. The number of pyridine rings is 1. The van der Waals surface area contributed by atoms with E-state index in [0.29, 0.717) is 16.4 Å². The Morgan fingerprint density at radius 2 is 1.87 bits per heavy atom. The summed E-state index contributed by atoms with van der Waals surface area (Å²) in [7, 11) is 0. The van der Waals surface area contributed by atoms with Crippen molar-refractivity contribution in [2.75, 3.05) is 10.6 Å². The van der Waals surface area contributed by atoms with Crippen molar-refractivity contribution in [2.24, 2.45) is 5.92 Å². The number of anilines is 2. The molecule has 1 aromatic carbocycles. The van der Waals surface area contributed by atoms with Gasteiger partial charge in [-0.15, -0.1) is 0 Å². The number of nitrogens with one attached hydrogen (secondary N) is 2. The maximum absolute atomic E-state index is 12.9. The summed E-state index contributed by atoms with van der Waals surface area (Å²) in [5.41, 5.74) is 2.13. The molecule has 2 N–H and O–H groups in total. The Labute approximate surface area is 183 Å². The van der Waals surface area contributed by atoms with Gasteiger partial charge in [-0.3, -0.25) is 15.1 Å². The van der Waals surface area contributed by atoms with Gasteiger partial charge < -0.3 is 5.32 Å². The van der Waals surface area contributed by atoms with Gasteiger partial charge >= 0.3 is 6.03 Å². The average Bonchev–Trinajstić information content (AvgIpc) is 3.42. The fraction of sp³-hybridized carbons (Fsp3) is 0.273. The zero-order chi connectivity index (χ0) is 20.9. The topological polar surface area (TPSA) is 84.0 Å². The van der Waals surface area contributed by atoms with E-state index in [4.69, 9.17) is 0 Å². The van der Waals surface area contributed by atoms with Gasteiger partial charge in [0.15, 0.2) is 10.9 Å². The molecule has 154 valence electrons. The van der Waals surface area contributed by atoms with Crippen LogP contribution in [0.3, 0.4) is 0 Å². The van der Waals surface area contributed by atoms with Crippen LogP contribution in [0.1, 0.15) is 41.6 Å². The largest absolute Gasteiger partial charge is 0.325 e. The molecular formula is C22H22N4O2S2. The number of benzene rings is 1. The number of Topliss-reactive ketones (excluding diaryl/α,β-unsaturated/α-hetero) is 1. The SMILES string of the molecule is Cc1ccc(NC(=O)Nc2ncc(Sc3ccncc3)s2)c(C(=O)C2CCCC2)c1. The number of thiazole rings is 1. The van der Waals surface area contributed by atoms with Crippen LogP contribution in [0.15, 0.2) is 58.0 Å². The van der Waals surface area contributed by atoms with Crippen LogP contribution in [-0.4, -0.2) is 21.8 Å². The number of hydrogen-bond acceptors (Lipinski definition) is 6. The highest BCUT2D eigenvalue weighted by Gasteiger charge is 2.26. The zero-order valence-corrected chi connectivity index (χ0v) is 18.2. The number of carbonyl (C=O) groups excluding carboxylic acids is 2. The highest BCUT2D eigenvalue weighted by atomic mass is 32.2. The van der Waals surface area contributed by atoms with E-state index >= 15 is 0 Å². The fourth-order valence-corrected chi connectivity index (χ4v) is 5.35. The van der Waals surface area contributed by atoms with Gasteiger partial charge in [-0.25, -0.2) is 9.78 Å². The van der Waals surface area contributed by atoms with Gasteiger partial charge in [-0.2, -0.15) is 0 Å². The molecule has 2 heterocycles. The van der Waals surface area contributed by atoms with Gasteiger partial charge in [-0.1, -0.05) is 47.6 Å². The van der Waals surface area contributed by atoms with Gasteiger partial charge in [-0.05, 0) is 44.0 Å². The Bertz CT molecular complexity index is 1050. The molecule has 8 heteroatoms. The molecule has 0 bridgehead atoms. The maximum Gasteiger partial charge on any atom is 0.325 e. The van der Waals surface area contributed by atoms with E-state index in [-0.39, 0.29) is 11.7 Å². The van der Waals surface area contributed by atoms with Crippen molar-refractivity contribution in [1.29, 1.82) is 0 Å². The van der Waals surface area contributed by atoms with Gasteiger partial charge in [0.05, 0.1) is 16.1 Å². The summed E-state index contributed by atoms with van der Waals surface area (Å²) in [4.78, 5) is 34.8. The number of carbonyl (C=O) groups is 2. The minimum Gasteiger partial charge on any atom is -0.307 e. The van der Waals surface area contributed by atoms with Crippen molar-refractivity contribution < 1.29 is 9.59 Å². The van der Waals surface area contributed by atoms with Crippen LogP contribution in [0.5, 0.6) is 0 Å². The third-order valence-corrected chi connectivity index (χ3v) is 7.01. The number of nitrogens with zero attached hydrogens (tertiary/aromatic N) is 2. The first-order valence-corrected chi connectivity index (χ1v) is 11.5. The lowest BCUT2D eigenvalue weighted by Gasteiger charge is -2.14. The standard InChI is InChI=1S/C22H22N4O2S2/c1-14-6-7-18(17(12-14)20(27)15-4-2-3-5-15)25-21(28)26-22-24-13-19(30-22)29-16-8-10-23-11-9-16/h6-13,15H,2-5H2,1H3,(H2,24,25,26,28). The lowest BCUT2D eigenvalue weighted by Crippen LogP contribution is -2.22. The lowest BCUT2D eigenvalue weighted by atomic mass is 9.94. The highest BCUT2D eigenvalue weighted by molar-refractivity contribution is 8.01. The highest BCUT2D eigenvalue weighted by Crippen LogP contribution is 2.34. The summed E-state index contributed by atoms with van der Waals surface area (Å²) in [5.74, 6) is 0.180. The Kier molecular flexibility index (Phi) is 6.44. The Hall–Kier alpha value is -2.71. The zero-order valence-electron chi connectivity index (χ0n) is 16.6. The van der Waals surface area contributed by atoms with Gasteiger partial charge in [0.25, 0.3) is 0 Å². The summed E-state index contributed by atoms with van der Waals surface area (Å²) in [6.07, 6.45) is 9.24. The molecule has 0 unspecified atom stereocenters. The second kappa shape index (κ2) is 9.40. The van der Waals surface area contributed by atoms with Gasteiger partial charge in [0.1, 0.15) is 0 Å². The molecule has 1 saturated carbocycles. The smallest absolute Gasteiger partial charge is 0.307 e. The third kappa shape index (κ3) is 5.06. The van der Waals surface area contributed by atoms with Crippen molar-refractivity contribution in [2.45, 2.75) is 41.7 Å². The molecule has 0 spiro atoms. The Balaban J connectivity index is 1.42. The number of rotatable bonds is 6. The second-order valence-corrected chi connectivity index (χ2v) is 9.65. The van der Waals surface area contributed by atoms with Crippen LogP contribution >= 0.6 is 23.1 Å². The van der Waals surface area contributed by atoms with E-state index < -0.39 is 6.03 Å². The normalized spacial score (nSPS) is 13.9. The summed E-state index contributed by atoms with van der Waals surface area (Å²) in [6.45, 7) is 1.95. The number of aryl methyl sites for hydroxylation is 1. The maximum atomic E-state index is 12.9. The van der Waals surface area contributed by atoms with E-state index in [9.17, 15) is 9.59 Å². The second-order valence-electron chi connectivity index (χ2n) is 7.24. The molecule has 3 aromatic rings. The minimum atomic E-state index is -0.408. The van der Waals surface area contributed by atoms with Gasteiger partial charge in [0, 0.05) is 28.8 Å². The lowest BCUT2D eigenvalue weighted by molar-refractivity contribution is 0.0923. The van der Waals surface area contributed by atoms with Crippen molar-refractivity contribution in [3.05, 3.63) is 60.0 Å². The molecule has 2 aromatic heterocycles. The van der Waals surface area contributed by atoms with Crippen LogP contribution in [0.4, 0.5) is 15.6 Å². The average molecular weight is 439 g/mol. The van der Waals surface area contributed by atoms with E-state index in [1.807, 2.05) is 31.2 Å². The Morgan fingerprint density at radius 3 is 2.63 bits per heavy atom. The number of aromatic nitrogens is 2. The molecule has 0 aliphatic heterocycles. The molecule has 0 radical (unpaired) electrons. The van der Waals surface area contributed by atoms with Crippen LogP contribution < -0.4 is 10.6 Å². The summed E-state index contributed by atoms with van der Waals surface area (Å²) in [5, 5.41) is 6.10. The van der Waals surface area contributed by atoms with Crippen LogP contribution in [-0.2, 0) is 0 Å². The van der Waals surface area contributed by atoms with Crippen molar-refractivity contribution in [3.63, 3.8) is 0 Å². The van der Waals surface area contributed by atoms with Crippen molar-refractivity contribution in [1.82, 2.24) is 9.97 Å². The van der Waals surface area contributed by atoms with Crippen molar-refractivity contribution >= 4 is 45.7 Å². The molecule has 0 saturated heterocycles. The third-order valence-electron chi connectivity index (χ3n) is 4.99. The predicted molar refractivity (Wildman–Crippen MR) is 121 cm³/mol. The molecule has 30 heavy (non-hydrogen) atoms. The van der Waals surface area contributed by atoms with Crippen LogP contribution in [0, 0.1) is 12.8 Å². The predicted octanol–water partition coefficient (Wildman–Crippen LogP) is 6.01. The van der Waals surface area contributed by atoms with Gasteiger partial charge in [0.2, 0.25) is 0 Å². The molecule has 0 atom stereocenters. The molecule has 6 nitrogen and oxygen atoms in total. The summed E-state index contributed by atoms with van der Waals surface area (Å²) in [6, 6.07) is 8.99. The van der Waals surface area contributed by atoms with E-state index in [0.717, 1.165) is 40.4 Å². The monoisotopic (exact) mass is 438 g/mol. The van der Waals surface area contributed by atoms with E-state index in [2.05, 4.69) is 20.6 Å². The molecule has 1 aliphatic rings. The molecule has 2 amide bonds. The summed E-state index contributed by atoms with van der Waals surface area (Å²) < 4.78 is 0.962. The molecule has 1 aliphatic carbocycles. The van der Waals surface area contributed by atoms with E-state index in [1.165, 1.54) is 11.3 Å². The minimum absolute atomic E-state index is 0.0575. The number of ketones is 1. The number of amides is 2. The molecular weight excluding hydrogens is 416 g/mol. The first-order chi connectivity index (χ1) is 14.6. The number of hydrogen-bond donors (Lipinski definition) is 2. The molecule has 4 rings (SSSR count). The first-order valence-electron chi connectivity index (χ1n) is 9.85. The number of urea groups is 1. The van der Waals surface area contributed by atoms with Crippen molar-refractivity contribution in [3.8, 4) is 0 Å².